The van der Waals surface area contributed by atoms with Crippen molar-refractivity contribution >= 4 is 11.8 Å². The fourth-order valence-electron chi connectivity index (χ4n) is 2.48. The summed E-state index contributed by atoms with van der Waals surface area (Å²) in [7, 11) is 0. The summed E-state index contributed by atoms with van der Waals surface area (Å²) in [5.41, 5.74) is 1.32. The van der Waals surface area contributed by atoms with Crippen LogP contribution in [0.3, 0.4) is 0 Å². The summed E-state index contributed by atoms with van der Waals surface area (Å²) in [5, 5.41) is 2.87. The van der Waals surface area contributed by atoms with Crippen molar-refractivity contribution in [1.82, 2.24) is 20.2 Å². The number of aromatic nitrogens is 2. The predicted molar refractivity (Wildman–Crippen MR) is 83.5 cm³/mol. The van der Waals surface area contributed by atoms with E-state index in [4.69, 9.17) is 0 Å². The summed E-state index contributed by atoms with van der Waals surface area (Å²) >= 11 is 0. The molecule has 0 bridgehead atoms. The number of rotatable bonds is 5. The van der Waals surface area contributed by atoms with Gasteiger partial charge in [0, 0.05) is 19.3 Å². The minimum Gasteiger partial charge on any atom is -0.355 e. The van der Waals surface area contributed by atoms with Gasteiger partial charge in [0.2, 0.25) is 5.91 Å². The fraction of sp³-hybridized carbons (Fsp3) is 0.625. The minimum absolute atomic E-state index is 0.101. The largest absolute Gasteiger partial charge is 0.355 e. The van der Waals surface area contributed by atoms with Gasteiger partial charge >= 0.3 is 0 Å². The number of fused-ring (bicyclic) bond motifs is 1. The molecule has 0 aliphatic carbocycles. The molecule has 2 rings (SSSR count). The molecule has 6 heteroatoms. The number of nitrogens with zero attached hydrogens (tertiary/aromatic N) is 3. The molecule has 0 aromatic carbocycles. The van der Waals surface area contributed by atoms with Gasteiger partial charge in [-0.15, -0.1) is 0 Å². The molecule has 22 heavy (non-hydrogen) atoms. The third kappa shape index (κ3) is 4.26. The van der Waals surface area contributed by atoms with Crippen LogP contribution in [-0.2, 0) is 11.2 Å². The van der Waals surface area contributed by atoms with Crippen LogP contribution in [0.1, 0.15) is 48.6 Å². The van der Waals surface area contributed by atoms with Gasteiger partial charge in [-0.2, -0.15) is 0 Å². The van der Waals surface area contributed by atoms with Crippen molar-refractivity contribution in [2.45, 2.75) is 40.0 Å². The molecular formula is C16H24N4O2. The van der Waals surface area contributed by atoms with E-state index in [1.807, 2.05) is 6.92 Å². The number of nitrogens with one attached hydrogen (secondary N) is 1. The second-order valence-corrected chi connectivity index (χ2v) is 6.14. The van der Waals surface area contributed by atoms with Gasteiger partial charge in [-0.25, -0.2) is 9.97 Å². The zero-order chi connectivity index (χ0) is 16.1. The summed E-state index contributed by atoms with van der Waals surface area (Å²) in [6.45, 7) is 7.37. The Morgan fingerprint density at radius 3 is 2.95 bits per heavy atom. The first kappa shape index (κ1) is 16.4. The highest BCUT2D eigenvalue weighted by Crippen LogP contribution is 2.16. The Labute approximate surface area is 131 Å². The lowest BCUT2D eigenvalue weighted by molar-refractivity contribution is -0.121. The predicted octanol–water partition coefficient (Wildman–Crippen LogP) is 1.34. The van der Waals surface area contributed by atoms with Crippen LogP contribution in [0.5, 0.6) is 0 Å². The molecule has 0 unspecified atom stereocenters. The molecule has 2 amide bonds. The molecule has 2 heterocycles. The van der Waals surface area contributed by atoms with Crippen molar-refractivity contribution in [2.75, 3.05) is 19.6 Å². The Morgan fingerprint density at radius 2 is 2.23 bits per heavy atom. The van der Waals surface area contributed by atoms with Crippen molar-refractivity contribution in [3.63, 3.8) is 0 Å². The molecule has 0 atom stereocenters. The summed E-state index contributed by atoms with van der Waals surface area (Å²) < 4.78 is 0. The quantitative estimate of drug-likeness (QED) is 0.890. The maximum Gasteiger partial charge on any atom is 0.257 e. The van der Waals surface area contributed by atoms with Crippen molar-refractivity contribution in [1.29, 1.82) is 0 Å². The minimum atomic E-state index is -0.147. The second kappa shape index (κ2) is 7.33. The Hall–Kier alpha value is -1.98. The standard InChI is InChI=1S/C16H24N4O2/c1-11(2)6-7-17-15(21)10-20-8-4-5-14-13(16(20)22)9-18-12(3)19-14/h9,11H,4-8,10H2,1-3H3,(H,17,21). The molecule has 1 aromatic rings. The first-order valence-corrected chi connectivity index (χ1v) is 7.86. The summed E-state index contributed by atoms with van der Waals surface area (Å²) in [5.74, 6) is 0.968. The number of carbonyl (C=O) groups is 2. The van der Waals surface area contributed by atoms with Crippen LogP contribution in [0, 0.1) is 12.8 Å². The molecule has 0 saturated carbocycles. The lowest BCUT2D eigenvalue weighted by atomic mass is 10.1. The van der Waals surface area contributed by atoms with Gasteiger partial charge in [-0.1, -0.05) is 13.8 Å². The Morgan fingerprint density at radius 1 is 1.45 bits per heavy atom. The van der Waals surface area contributed by atoms with Gasteiger partial charge in [-0.05, 0) is 32.1 Å². The highest BCUT2D eigenvalue weighted by Gasteiger charge is 2.25. The normalized spacial score (nSPS) is 14.7. The molecule has 1 aromatic heterocycles. The SMILES string of the molecule is Cc1ncc2c(n1)CCCN(CC(=O)NCCC(C)C)C2=O. The Kier molecular flexibility index (Phi) is 5.46. The maximum atomic E-state index is 12.5. The van der Waals surface area contributed by atoms with Gasteiger partial charge in [0.05, 0.1) is 17.8 Å². The van der Waals surface area contributed by atoms with Crippen molar-refractivity contribution in [3.05, 3.63) is 23.3 Å². The first-order chi connectivity index (χ1) is 10.5. The molecular weight excluding hydrogens is 280 g/mol. The zero-order valence-electron chi connectivity index (χ0n) is 13.6. The van der Waals surface area contributed by atoms with E-state index in [0.717, 1.165) is 25.0 Å². The van der Waals surface area contributed by atoms with E-state index in [1.165, 1.54) is 0 Å². The molecule has 1 N–H and O–H groups in total. The van der Waals surface area contributed by atoms with Crippen LogP contribution in [0.25, 0.3) is 0 Å². The lowest BCUT2D eigenvalue weighted by Gasteiger charge is -2.20. The molecule has 0 radical (unpaired) electrons. The average molecular weight is 304 g/mol. The van der Waals surface area contributed by atoms with Gasteiger partial charge in [0.25, 0.3) is 5.91 Å². The summed E-state index contributed by atoms with van der Waals surface area (Å²) in [6, 6.07) is 0. The van der Waals surface area contributed by atoms with E-state index >= 15 is 0 Å². The third-order valence-electron chi connectivity index (χ3n) is 3.73. The van der Waals surface area contributed by atoms with E-state index < -0.39 is 0 Å². The number of aryl methyl sites for hydroxylation is 2. The maximum absolute atomic E-state index is 12.5. The first-order valence-electron chi connectivity index (χ1n) is 7.86. The van der Waals surface area contributed by atoms with Crippen molar-refractivity contribution in [3.8, 4) is 0 Å². The van der Waals surface area contributed by atoms with E-state index in [9.17, 15) is 9.59 Å². The van der Waals surface area contributed by atoms with Crippen molar-refractivity contribution in [2.24, 2.45) is 5.92 Å². The Bertz CT molecular complexity index is 557. The van der Waals surface area contributed by atoms with Crippen molar-refractivity contribution < 1.29 is 9.59 Å². The van der Waals surface area contributed by atoms with Crippen LogP contribution in [0.15, 0.2) is 6.20 Å². The molecule has 120 valence electrons. The molecule has 6 nitrogen and oxygen atoms in total. The monoisotopic (exact) mass is 304 g/mol. The number of hydrogen-bond acceptors (Lipinski definition) is 4. The average Bonchev–Trinajstić information content (AvgIpc) is 2.58. The van der Waals surface area contributed by atoms with Gasteiger partial charge in [0.1, 0.15) is 5.82 Å². The molecule has 1 aliphatic rings. The van der Waals surface area contributed by atoms with E-state index in [0.29, 0.717) is 30.4 Å². The number of hydrogen-bond donors (Lipinski definition) is 1. The highest BCUT2D eigenvalue weighted by atomic mass is 16.2. The van der Waals surface area contributed by atoms with Crippen LogP contribution >= 0.6 is 0 Å². The number of carbonyl (C=O) groups excluding carboxylic acids is 2. The van der Waals surface area contributed by atoms with Crippen LogP contribution in [0.4, 0.5) is 0 Å². The summed E-state index contributed by atoms with van der Waals surface area (Å²) in [6.07, 6.45) is 4.08. The third-order valence-corrected chi connectivity index (χ3v) is 3.73. The fourth-order valence-corrected chi connectivity index (χ4v) is 2.48. The molecule has 0 saturated heterocycles. The van der Waals surface area contributed by atoms with Crippen LogP contribution < -0.4 is 5.32 Å². The molecule has 0 fully saturated rings. The van der Waals surface area contributed by atoms with Crippen LogP contribution in [0.2, 0.25) is 0 Å². The Balaban J connectivity index is 1.99. The van der Waals surface area contributed by atoms with E-state index in [2.05, 4.69) is 29.1 Å². The summed E-state index contributed by atoms with van der Waals surface area (Å²) in [4.78, 5) is 34.6. The molecule has 0 spiro atoms. The van der Waals surface area contributed by atoms with Crippen LogP contribution in [-0.4, -0.2) is 46.3 Å². The topological polar surface area (TPSA) is 75.2 Å². The smallest absolute Gasteiger partial charge is 0.257 e. The molecule has 1 aliphatic heterocycles. The van der Waals surface area contributed by atoms with Gasteiger partial charge in [0.15, 0.2) is 0 Å². The van der Waals surface area contributed by atoms with Gasteiger partial charge < -0.3 is 10.2 Å². The van der Waals surface area contributed by atoms with E-state index in [1.54, 1.807) is 11.1 Å². The second-order valence-electron chi connectivity index (χ2n) is 6.14. The lowest BCUT2D eigenvalue weighted by Crippen LogP contribution is -2.41. The van der Waals surface area contributed by atoms with E-state index in [-0.39, 0.29) is 18.4 Å². The number of amides is 2. The van der Waals surface area contributed by atoms with Gasteiger partial charge in [-0.3, -0.25) is 9.59 Å². The highest BCUT2D eigenvalue weighted by molar-refractivity contribution is 5.97. The zero-order valence-corrected chi connectivity index (χ0v) is 13.6.